The fraction of sp³-hybridized carbons (Fsp3) is 1.00. The van der Waals surface area contributed by atoms with Crippen molar-refractivity contribution in [3.05, 3.63) is 0 Å². The summed E-state index contributed by atoms with van der Waals surface area (Å²) in [6.07, 6.45) is 2.88. The van der Waals surface area contributed by atoms with Gasteiger partial charge < -0.3 is 14.6 Å². The lowest BCUT2D eigenvalue weighted by molar-refractivity contribution is -0.0646. The maximum atomic E-state index is 9.73. The molecule has 3 heterocycles. The molecule has 0 amide bonds. The highest BCUT2D eigenvalue weighted by Crippen LogP contribution is 2.28. The van der Waals surface area contributed by atoms with Crippen molar-refractivity contribution in [3.8, 4) is 0 Å². The molecule has 0 radical (unpaired) electrons. The van der Waals surface area contributed by atoms with Gasteiger partial charge in [-0.15, -0.1) is 0 Å². The molecule has 1 N–H and O–H groups in total. The zero-order valence-electron chi connectivity index (χ0n) is 8.26. The number of hydrogen-bond acceptors (Lipinski definition) is 4. The van der Waals surface area contributed by atoms with Gasteiger partial charge in [-0.2, -0.15) is 0 Å². The van der Waals surface area contributed by atoms with Crippen LogP contribution in [0.4, 0.5) is 0 Å². The Bertz CT molecular complexity index is 211. The monoisotopic (exact) mass is 199 g/mol. The summed E-state index contributed by atoms with van der Waals surface area (Å²) in [5.41, 5.74) is 0. The second-order valence-corrected chi connectivity index (χ2v) is 4.58. The molecule has 4 unspecified atom stereocenters. The molecule has 80 valence electrons. The van der Waals surface area contributed by atoms with Crippen LogP contribution in [0, 0.1) is 0 Å². The van der Waals surface area contributed by atoms with E-state index in [2.05, 4.69) is 4.90 Å². The molecule has 0 aromatic carbocycles. The van der Waals surface area contributed by atoms with Gasteiger partial charge in [0.2, 0.25) is 0 Å². The molecule has 0 aromatic rings. The Morgan fingerprint density at radius 2 is 1.79 bits per heavy atom. The molecule has 14 heavy (non-hydrogen) atoms. The molecule has 3 rings (SSSR count). The first-order chi connectivity index (χ1) is 6.83. The minimum Gasteiger partial charge on any atom is -0.389 e. The maximum Gasteiger partial charge on any atom is 0.0950 e. The van der Waals surface area contributed by atoms with Gasteiger partial charge in [-0.3, -0.25) is 4.90 Å². The zero-order valence-corrected chi connectivity index (χ0v) is 8.26. The van der Waals surface area contributed by atoms with E-state index in [0.29, 0.717) is 25.4 Å². The lowest BCUT2D eigenvalue weighted by Gasteiger charge is -2.36. The SMILES string of the molecule is OC1COCC1N1CC2CCC(C1)O2. The summed E-state index contributed by atoms with van der Waals surface area (Å²) in [4.78, 5) is 2.35. The van der Waals surface area contributed by atoms with Crippen molar-refractivity contribution in [1.29, 1.82) is 0 Å². The van der Waals surface area contributed by atoms with Crippen molar-refractivity contribution in [2.45, 2.75) is 37.2 Å². The minimum atomic E-state index is -0.299. The van der Waals surface area contributed by atoms with Gasteiger partial charge in [-0.25, -0.2) is 0 Å². The summed E-state index contributed by atoms with van der Waals surface area (Å²) < 4.78 is 11.0. The van der Waals surface area contributed by atoms with E-state index in [0.717, 1.165) is 13.1 Å². The number of rotatable bonds is 1. The Morgan fingerprint density at radius 3 is 2.36 bits per heavy atom. The molecule has 0 spiro atoms. The number of likely N-dealkylation sites (tertiary alicyclic amines) is 1. The molecule has 4 heteroatoms. The van der Waals surface area contributed by atoms with E-state index >= 15 is 0 Å². The van der Waals surface area contributed by atoms with E-state index in [4.69, 9.17) is 9.47 Å². The van der Waals surface area contributed by atoms with Crippen molar-refractivity contribution >= 4 is 0 Å². The van der Waals surface area contributed by atoms with Gasteiger partial charge in [0.15, 0.2) is 0 Å². The largest absolute Gasteiger partial charge is 0.389 e. The number of ether oxygens (including phenoxy) is 2. The summed E-state index contributed by atoms with van der Waals surface area (Å²) in [5.74, 6) is 0. The Labute approximate surface area is 83.8 Å². The lowest BCUT2D eigenvalue weighted by Crippen LogP contribution is -2.51. The molecular formula is C10H17NO3. The van der Waals surface area contributed by atoms with E-state index in [1.807, 2.05) is 0 Å². The van der Waals surface area contributed by atoms with Crippen LogP contribution in [0.15, 0.2) is 0 Å². The summed E-state index contributed by atoms with van der Waals surface area (Å²) >= 11 is 0. The molecule has 3 aliphatic rings. The van der Waals surface area contributed by atoms with E-state index in [9.17, 15) is 5.11 Å². The quantitative estimate of drug-likeness (QED) is 0.624. The van der Waals surface area contributed by atoms with Crippen molar-refractivity contribution in [2.24, 2.45) is 0 Å². The summed E-state index contributed by atoms with van der Waals surface area (Å²) in [5, 5.41) is 9.73. The Hall–Kier alpha value is -0.160. The summed E-state index contributed by atoms with van der Waals surface area (Å²) in [7, 11) is 0. The molecule has 4 atom stereocenters. The third kappa shape index (κ3) is 1.46. The van der Waals surface area contributed by atoms with Gasteiger partial charge in [0.25, 0.3) is 0 Å². The number of nitrogens with zero attached hydrogens (tertiary/aromatic N) is 1. The molecule has 0 aromatic heterocycles. The molecule has 3 saturated heterocycles. The van der Waals surface area contributed by atoms with E-state index in [1.165, 1.54) is 12.8 Å². The molecule has 2 bridgehead atoms. The first kappa shape index (κ1) is 9.09. The predicted octanol–water partition coefficient (Wildman–Crippen LogP) is -0.391. The van der Waals surface area contributed by atoms with E-state index in [-0.39, 0.29) is 12.1 Å². The van der Waals surface area contributed by atoms with Gasteiger partial charge in [0.1, 0.15) is 0 Å². The highest BCUT2D eigenvalue weighted by Gasteiger charge is 2.40. The third-order valence-electron chi connectivity index (χ3n) is 3.56. The molecular weight excluding hydrogens is 182 g/mol. The average molecular weight is 199 g/mol. The van der Waals surface area contributed by atoms with Crippen molar-refractivity contribution in [2.75, 3.05) is 26.3 Å². The summed E-state index contributed by atoms with van der Waals surface area (Å²) in [6, 6.07) is 0.210. The molecule has 0 aliphatic carbocycles. The number of aliphatic hydroxyl groups is 1. The van der Waals surface area contributed by atoms with Crippen LogP contribution in [0.1, 0.15) is 12.8 Å². The van der Waals surface area contributed by atoms with Crippen LogP contribution in [-0.4, -0.2) is 60.7 Å². The van der Waals surface area contributed by atoms with Crippen LogP contribution in [0.5, 0.6) is 0 Å². The van der Waals surface area contributed by atoms with Gasteiger partial charge in [0, 0.05) is 13.1 Å². The van der Waals surface area contributed by atoms with Crippen LogP contribution >= 0.6 is 0 Å². The van der Waals surface area contributed by atoms with Crippen LogP contribution in [0.3, 0.4) is 0 Å². The number of fused-ring (bicyclic) bond motifs is 2. The Morgan fingerprint density at radius 1 is 1.07 bits per heavy atom. The van der Waals surface area contributed by atoms with Gasteiger partial charge in [-0.1, -0.05) is 0 Å². The van der Waals surface area contributed by atoms with E-state index < -0.39 is 0 Å². The fourth-order valence-electron chi connectivity index (χ4n) is 2.80. The fourth-order valence-corrected chi connectivity index (χ4v) is 2.80. The first-order valence-corrected chi connectivity index (χ1v) is 5.48. The van der Waals surface area contributed by atoms with Crippen LogP contribution in [0.25, 0.3) is 0 Å². The van der Waals surface area contributed by atoms with Gasteiger partial charge >= 0.3 is 0 Å². The highest BCUT2D eigenvalue weighted by molar-refractivity contribution is 4.92. The van der Waals surface area contributed by atoms with Crippen LogP contribution in [0.2, 0.25) is 0 Å². The second kappa shape index (κ2) is 3.45. The standard InChI is InChI=1S/C10H17NO3/c12-10-6-13-5-9(10)11-3-7-1-2-8(4-11)14-7/h7-10,12H,1-6H2. The van der Waals surface area contributed by atoms with Gasteiger partial charge in [0.05, 0.1) is 37.6 Å². The smallest absolute Gasteiger partial charge is 0.0950 e. The summed E-state index contributed by atoms with van der Waals surface area (Å²) in [6.45, 7) is 3.13. The topological polar surface area (TPSA) is 41.9 Å². The van der Waals surface area contributed by atoms with E-state index in [1.54, 1.807) is 0 Å². The number of morpholine rings is 1. The van der Waals surface area contributed by atoms with Crippen molar-refractivity contribution in [3.63, 3.8) is 0 Å². The highest BCUT2D eigenvalue weighted by atomic mass is 16.5. The normalized spacial score (nSPS) is 48.6. The maximum absolute atomic E-state index is 9.73. The van der Waals surface area contributed by atoms with Crippen molar-refractivity contribution in [1.82, 2.24) is 4.90 Å². The van der Waals surface area contributed by atoms with Gasteiger partial charge in [-0.05, 0) is 12.8 Å². The lowest BCUT2D eigenvalue weighted by atomic mass is 10.1. The van der Waals surface area contributed by atoms with Crippen LogP contribution in [-0.2, 0) is 9.47 Å². The average Bonchev–Trinajstić information content (AvgIpc) is 2.73. The number of hydrogen-bond donors (Lipinski definition) is 1. The zero-order chi connectivity index (χ0) is 9.54. The number of aliphatic hydroxyl groups excluding tert-OH is 1. The Balaban J connectivity index is 1.67. The van der Waals surface area contributed by atoms with Crippen molar-refractivity contribution < 1.29 is 14.6 Å². The first-order valence-electron chi connectivity index (χ1n) is 5.48. The second-order valence-electron chi connectivity index (χ2n) is 4.58. The molecule has 3 fully saturated rings. The molecule has 3 aliphatic heterocycles. The molecule has 0 saturated carbocycles. The van der Waals surface area contributed by atoms with Crippen LogP contribution < -0.4 is 0 Å². The molecule has 4 nitrogen and oxygen atoms in total. The Kier molecular flexibility index (Phi) is 2.24. The predicted molar refractivity (Wildman–Crippen MR) is 50.1 cm³/mol. The minimum absolute atomic E-state index is 0.210. The third-order valence-corrected chi connectivity index (χ3v) is 3.56.